The van der Waals surface area contributed by atoms with Gasteiger partial charge in [0.1, 0.15) is 0 Å². The summed E-state index contributed by atoms with van der Waals surface area (Å²) in [6, 6.07) is 11.5. The van der Waals surface area contributed by atoms with Crippen molar-refractivity contribution in [3.8, 4) is 0 Å². The Morgan fingerprint density at radius 1 is 1.08 bits per heavy atom. The molecule has 134 valence electrons. The minimum absolute atomic E-state index is 0. The van der Waals surface area contributed by atoms with Gasteiger partial charge >= 0.3 is 0 Å². The van der Waals surface area contributed by atoms with E-state index >= 15 is 0 Å². The first-order chi connectivity index (χ1) is 11.8. The molecule has 1 aromatic heterocycles. The van der Waals surface area contributed by atoms with Crippen LogP contribution in [0.5, 0.6) is 0 Å². The van der Waals surface area contributed by atoms with Gasteiger partial charge in [0.05, 0.1) is 0 Å². The van der Waals surface area contributed by atoms with Crippen LogP contribution in [0.3, 0.4) is 0 Å². The van der Waals surface area contributed by atoms with Crippen LogP contribution in [-0.2, 0) is 4.79 Å². The Hall–Kier alpha value is -1.85. The van der Waals surface area contributed by atoms with Gasteiger partial charge in [0.15, 0.2) is 6.04 Å². The van der Waals surface area contributed by atoms with Gasteiger partial charge in [-0.05, 0) is 49.4 Å². The summed E-state index contributed by atoms with van der Waals surface area (Å²) in [5.41, 5.74) is 0.998. The molecule has 0 saturated carbocycles. The molecule has 1 aromatic carbocycles. The fraction of sp³-hybridized carbons (Fsp3) is 0.474. The molecule has 0 radical (unpaired) electrons. The van der Waals surface area contributed by atoms with Gasteiger partial charge in [0, 0.05) is 25.5 Å². The van der Waals surface area contributed by atoms with Crippen molar-refractivity contribution in [2.75, 3.05) is 26.2 Å². The molecule has 6 heteroatoms. The van der Waals surface area contributed by atoms with E-state index in [4.69, 9.17) is 0 Å². The Morgan fingerprint density at radius 3 is 2.36 bits per heavy atom. The van der Waals surface area contributed by atoms with Crippen molar-refractivity contribution in [2.24, 2.45) is 11.8 Å². The number of rotatable bonds is 3. The SMILES string of the molecule is Cl.O=C(C(c1ccccc1)n1cccn1)N1CC[C@@H]2CNC[C@@H]2CC1. The molecule has 3 atom stereocenters. The van der Waals surface area contributed by atoms with E-state index in [9.17, 15) is 4.79 Å². The highest BCUT2D eigenvalue weighted by molar-refractivity contribution is 5.85. The number of amides is 1. The summed E-state index contributed by atoms with van der Waals surface area (Å²) in [6.45, 7) is 3.92. The average molecular weight is 361 g/mol. The van der Waals surface area contributed by atoms with Gasteiger partial charge in [-0.3, -0.25) is 9.48 Å². The second kappa shape index (κ2) is 8.02. The minimum atomic E-state index is -0.364. The first kappa shape index (κ1) is 18.0. The molecule has 1 unspecified atom stereocenters. The van der Waals surface area contributed by atoms with Crippen molar-refractivity contribution in [3.63, 3.8) is 0 Å². The zero-order valence-electron chi connectivity index (χ0n) is 14.3. The van der Waals surface area contributed by atoms with E-state index in [0.29, 0.717) is 0 Å². The molecule has 2 aromatic rings. The molecular formula is C19H25ClN4O. The Morgan fingerprint density at radius 2 is 1.76 bits per heavy atom. The Bertz CT molecular complexity index is 662. The highest BCUT2D eigenvalue weighted by atomic mass is 35.5. The van der Waals surface area contributed by atoms with Gasteiger partial charge in [-0.15, -0.1) is 12.4 Å². The third-order valence-electron chi connectivity index (χ3n) is 5.47. The minimum Gasteiger partial charge on any atom is -0.341 e. The first-order valence-corrected chi connectivity index (χ1v) is 8.86. The lowest BCUT2D eigenvalue weighted by Crippen LogP contribution is -2.39. The number of fused-ring (bicyclic) bond motifs is 1. The number of benzene rings is 1. The third-order valence-corrected chi connectivity index (χ3v) is 5.47. The summed E-state index contributed by atoms with van der Waals surface area (Å²) in [5.74, 6) is 1.61. The molecule has 0 spiro atoms. The van der Waals surface area contributed by atoms with Crippen LogP contribution in [0, 0.1) is 11.8 Å². The van der Waals surface area contributed by atoms with Crippen molar-refractivity contribution >= 4 is 18.3 Å². The zero-order chi connectivity index (χ0) is 16.4. The van der Waals surface area contributed by atoms with E-state index in [1.165, 1.54) is 0 Å². The van der Waals surface area contributed by atoms with Crippen molar-refractivity contribution in [2.45, 2.75) is 18.9 Å². The lowest BCUT2D eigenvalue weighted by molar-refractivity contribution is -0.133. The van der Waals surface area contributed by atoms with Gasteiger partial charge in [-0.1, -0.05) is 30.3 Å². The van der Waals surface area contributed by atoms with Crippen LogP contribution in [0.1, 0.15) is 24.4 Å². The van der Waals surface area contributed by atoms with Crippen LogP contribution < -0.4 is 5.32 Å². The summed E-state index contributed by atoms with van der Waals surface area (Å²) in [5, 5.41) is 7.84. The second-order valence-corrected chi connectivity index (χ2v) is 6.88. The van der Waals surface area contributed by atoms with Gasteiger partial charge in [-0.2, -0.15) is 5.10 Å². The number of nitrogens with zero attached hydrogens (tertiary/aromatic N) is 3. The van der Waals surface area contributed by atoms with Crippen LogP contribution in [-0.4, -0.2) is 46.8 Å². The summed E-state index contributed by atoms with van der Waals surface area (Å²) >= 11 is 0. The number of nitrogens with one attached hydrogen (secondary N) is 1. The topological polar surface area (TPSA) is 50.2 Å². The van der Waals surface area contributed by atoms with E-state index in [-0.39, 0.29) is 24.4 Å². The quantitative estimate of drug-likeness (QED) is 0.914. The molecule has 2 aliphatic rings. The lowest BCUT2D eigenvalue weighted by atomic mass is 9.92. The Kier molecular flexibility index (Phi) is 5.76. The van der Waals surface area contributed by atoms with Gasteiger partial charge in [0.2, 0.25) is 0 Å². The highest BCUT2D eigenvalue weighted by Crippen LogP contribution is 2.29. The normalized spacial score (nSPS) is 24.1. The number of likely N-dealkylation sites (tertiary alicyclic amines) is 1. The average Bonchev–Trinajstić information content (AvgIpc) is 3.25. The van der Waals surface area contributed by atoms with Gasteiger partial charge in [-0.25, -0.2) is 0 Å². The monoisotopic (exact) mass is 360 g/mol. The van der Waals surface area contributed by atoms with Crippen LogP contribution in [0.2, 0.25) is 0 Å². The van der Waals surface area contributed by atoms with Crippen molar-refractivity contribution in [1.82, 2.24) is 20.0 Å². The smallest absolute Gasteiger partial charge is 0.252 e. The van der Waals surface area contributed by atoms with E-state index in [1.54, 1.807) is 10.9 Å². The molecule has 2 fully saturated rings. The molecule has 25 heavy (non-hydrogen) atoms. The lowest BCUT2D eigenvalue weighted by Gasteiger charge is -2.27. The predicted molar refractivity (Wildman–Crippen MR) is 99.7 cm³/mol. The summed E-state index contributed by atoms with van der Waals surface area (Å²) in [7, 11) is 0. The Labute approximate surface area is 154 Å². The summed E-state index contributed by atoms with van der Waals surface area (Å²) in [6.07, 6.45) is 5.82. The van der Waals surface area contributed by atoms with Crippen LogP contribution in [0.4, 0.5) is 0 Å². The standard InChI is InChI=1S/C19H24N4O.ClH/c24-19(22-11-7-16-13-20-14-17(16)8-12-22)18(23-10-4-9-21-23)15-5-2-1-3-6-15;/h1-6,9-10,16-18,20H,7-8,11-14H2;1H/t16-,17+,18?;. The van der Waals surface area contributed by atoms with Crippen LogP contribution in [0.25, 0.3) is 0 Å². The number of carbonyl (C=O) groups excluding carboxylic acids is 1. The number of hydrogen-bond acceptors (Lipinski definition) is 3. The van der Waals surface area contributed by atoms with Crippen molar-refractivity contribution in [1.29, 1.82) is 0 Å². The molecule has 4 rings (SSSR count). The van der Waals surface area contributed by atoms with E-state index in [2.05, 4.69) is 15.3 Å². The Balaban J connectivity index is 0.00000182. The zero-order valence-corrected chi connectivity index (χ0v) is 15.1. The molecule has 3 heterocycles. The molecule has 0 bridgehead atoms. The maximum atomic E-state index is 13.3. The van der Waals surface area contributed by atoms with Gasteiger partial charge < -0.3 is 10.2 Å². The van der Waals surface area contributed by atoms with Crippen LogP contribution in [0.15, 0.2) is 48.8 Å². The van der Waals surface area contributed by atoms with E-state index in [1.807, 2.05) is 42.6 Å². The summed E-state index contributed by atoms with van der Waals surface area (Å²) in [4.78, 5) is 15.4. The molecule has 0 aliphatic carbocycles. The van der Waals surface area contributed by atoms with E-state index < -0.39 is 0 Å². The van der Waals surface area contributed by atoms with Crippen molar-refractivity contribution < 1.29 is 4.79 Å². The molecule has 1 N–H and O–H groups in total. The second-order valence-electron chi connectivity index (χ2n) is 6.88. The van der Waals surface area contributed by atoms with Crippen LogP contribution >= 0.6 is 12.4 Å². The number of carbonyl (C=O) groups is 1. The molecule has 5 nitrogen and oxygen atoms in total. The fourth-order valence-corrected chi connectivity index (χ4v) is 4.09. The number of hydrogen-bond donors (Lipinski definition) is 1. The maximum absolute atomic E-state index is 13.3. The molecule has 2 saturated heterocycles. The third kappa shape index (κ3) is 3.72. The van der Waals surface area contributed by atoms with Crippen molar-refractivity contribution in [3.05, 3.63) is 54.4 Å². The molecule has 2 aliphatic heterocycles. The largest absolute Gasteiger partial charge is 0.341 e. The van der Waals surface area contributed by atoms with E-state index in [0.717, 1.165) is 56.4 Å². The summed E-state index contributed by atoms with van der Waals surface area (Å²) < 4.78 is 1.78. The molecular weight excluding hydrogens is 336 g/mol. The maximum Gasteiger partial charge on any atom is 0.252 e. The predicted octanol–water partition coefficient (Wildman–Crippen LogP) is 2.35. The number of aromatic nitrogens is 2. The fourth-order valence-electron chi connectivity index (χ4n) is 4.09. The molecule has 1 amide bonds. The van der Waals surface area contributed by atoms with Gasteiger partial charge in [0.25, 0.3) is 5.91 Å². The first-order valence-electron chi connectivity index (χ1n) is 8.86. The highest BCUT2D eigenvalue weighted by Gasteiger charge is 2.34. The number of halogens is 1.